The molecule has 1 aromatic rings. The van der Waals surface area contributed by atoms with Crippen molar-refractivity contribution in [2.75, 3.05) is 18.0 Å². The Labute approximate surface area is 103 Å². The largest absolute Gasteiger partial charge is 0.356 e. The monoisotopic (exact) mass is 238 g/mol. The predicted molar refractivity (Wildman–Crippen MR) is 69.0 cm³/mol. The first kappa shape index (κ1) is 11.7. The molecule has 2 heterocycles. The minimum Gasteiger partial charge on any atom is -0.356 e. The summed E-state index contributed by atoms with van der Waals surface area (Å²) in [5.41, 5.74) is 1.16. The Morgan fingerprint density at radius 2 is 2.44 bits per heavy atom. The molecule has 3 heteroatoms. The van der Waals surface area contributed by atoms with E-state index in [1.54, 1.807) is 0 Å². The van der Waals surface area contributed by atoms with E-state index in [2.05, 4.69) is 22.9 Å². The molecule has 16 heavy (non-hydrogen) atoms. The molecule has 1 aromatic heterocycles. The second-order valence-corrected chi connectivity index (χ2v) is 4.79. The SMILES string of the molecule is CCC1CCCN(c2cc(CCl)ccn2)C1. The van der Waals surface area contributed by atoms with Crippen molar-refractivity contribution in [2.45, 2.75) is 32.1 Å². The van der Waals surface area contributed by atoms with Crippen LogP contribution in [0.2, 0.25) is 0 Å². The average molecular weight is 239 g/mol. The fourth-order valence-electron chi connectivity index (χ4n) is 2.32. The zero-order chi connectivity index (χ0) is 11.4. The Morgan fingerprint density at radius 1 is 1.56 bits per heavy atom. The van der Waals surface area contributed by atoms with E-state index in [4.69, 9.17) is 11.6 Å². The lowest BCUT2D eigenvalue weighted by Crippen LogP contribution is -2.35. The molecule has 0 aromatic carbocycles. The summed E-state index contributed by atoms with van der Waals surface area (Å²) in [5.74, 6) is 2.49. The third-order valence-corrected chi connectivity index (χ3v) is 3.69. The van der Waals surface area contributed by atoms with Crippen molar-refractivity contribution in [3.8, 4) is 0 Å². The van der Waals surface area contributed by atoms with Crippen LogP contribution in [0.3, 0.4) is 0 Å². The van der Waals surface area contributed by atoms with E-state index in [0.29, 0.717) is 5.88 Å². The quantitative estimate of drug-likeness (QED) is 0.750. The van der Waals surface area contributed by atoms with Crippen LogP contribution in [0.15, 0.2) is 18.3 Å². The number of hydrogen-bond acceptors (Lipinski definition) is 2. The Hall–Kier alpha value is -0.760. The van der Waals surface area contributed by atoms with Crippen LogP contribution in [0.25, 0.3) is 0 Å². The number of hydrogen-bond donors (Lipinski definition) is 0. The van der Waals surface area contributed by atoms with Crippen molar-refractivity contribution in [1.29, 1.82) is 0 Å². The second kappa shape index (κ2) is 5.53. The summed E-state index contributed by atoms with van der Waals surface area (Å²) in [6, 6.07) is 4.10. The Bertz CT molecular complexity index is 340. The van der Waals surface area contributed by atoms with Crippen molar-refractivity contribution < 1.29 is 0 Å². The van der Waals surface area contributed by atoms with Gasteiger partial charge in [-0.05, 0) is 36.5 Å². The summed E-state index contributed by atoms with van der Waals surface area (Å²) in [7, 11) is 0. The highest BCUT2D eigenvalue weighted by molar-refractivity contribution is 6.17. The fraction of sp³-hybridized carbons (Fsp3) is 0.615. The van der Waals surface area contributed by atoms with Gasteiger partial charge in [0.2, 0.25) is 0 Å². The molecule has 0 saturated carbocycles. The van der Waals surface area contributed by atoms with E-state index in [-0.39, 0.29) is 0 Å². The van der Waals surface area contributed by atoms with E-state index in [0.717, 1.165) is 30.4 Å². The molecule has 0 aliphatic carbocycles. The van der Waals surface area contributed by atoms with Gasteiger partial charge in [-0.15, -0.1) is 11.6 Å². The van der Waals surface area contributed by atoms with Crippen molar-refractivity contribution in [3.05, 3.63) is 23.9 Å². The third-order valence-electron chi connectivity index (χ3n) is 3.38. The molecular formula is C13H19ClN2. The average Bonchev–Trinajstić information content (AvgIpc) is 2.39. The van der Waals surface area contributed by atoms with E-state index in [1.807, 2.05) is 12.3 Å². The molecule has 1 atom stereocenters. The van der Waals surface area contributed by atoms with Gasteiger partial charge in [-0.25, -0.2) is 4.98 Å². The smallest absolute Gasteiger partial charge is 0.128 e. The van der Waals surface area contributed by atoms with Crippen molar-refractivity contribution in [1.82, 2.24) is 4.98 Å². The van der Waals surface area contributed by atoms with Crippen LogP contribution in [0.4, 0.5) is 5.82 Å². The topological polar surface area (TPSA) is 16.1 Å². The number of rotatable bonds is 3. The highest BCUT2D eigenvalue weighted by Gasteiger charge is 2.19. The number of halogens is 1. The van der Waals surface area contributed by atoms with Gasteiger partial charge in [0.1, 0.15) is 5.82 Å². The molecule has 1 aliphatic rings. The van der Waals surface area contributed by atoms with Gasteiger partial charge in [-0.1, -0.05) is 13.3 Å². The predicted octanol–water partition coefficient (Wildman–Crippen LogP) is 3.45. The maximum absolute atomic E-state index is 5.85. The maximum atomic E-state index is 5.85. The zero-order valence-corrected chi connectivity index (χ0v) is 10.6. The Kier molecular flexibility index (Phi) is 4.05. The molecule has 0 N–H and O–H groups in total. The van der Waals surface area contributed by atoms with Crippen LogP contribution < -0.4 is 4.90 Å². The van der Waals surface area contributed by atoms with Crippen LogP contribution in [-0.4, -0.2) is 18.1 Å². The zero-order valence-electron chi connectivity index (χ0n) is 9.82. The number of aromatic nitrogens is 1. The first-order valence-corrected chi connectivity index (χ1v) is 6.62. The summed E-state index contributed by atoms with van der Waals surface area (Å²) in [6.07, 6.45) is 5.78. The van der Waals surface area contributed by atoms with E-state index in [9.17, 15) is 0 Å². The fourth-order valence-corrected chi connectivity index (χ4v) is 2.49. The highest BCUT2D eigenvalue weighted by Crippen LogP contribution is 2.24. The van der Waals surface area contributed by atoms with Crippen molar-refractivity contribution >= 4 is 17.4 Å². The van der Waals surface area contributed by atoms with E-state index >= 15 is 0 Å². The minimum atomic E-state index is 0.570. The molecule has 0 spiro atoms. The van der Waals surface area contributed by atoms with E-state index < -0.39 is 0 Å². The lowest BCUT2D eigenvalue weighted by molar-refractivity contribution is 0.403. The van der Waals surface area contributed by atoms with Gasteiger partial charge in [0.25, 0.3) is 0 Å². The van der Waals surface area contributed by atoms with Crippen LogP contribution >= 0.6 is 11.6 Å². The molecule has 2 nitrogen and oxygen atoms in total. The van der Waals surface area contributed by atoms with Crippen LogP contribution in [0.1, 0.15) is 31.7 Å². The van der Waals surface area contributed by atoms with E-state index in [1.165, 1.54) is 19.3 Å². The lowest BCUT2D eigenvalue weighted by Gasteiger charge is -2.33. The molecule has 0 amide bonds. The molecule has 1 aliphatic heterocycles. The standard InChI is InChI=1S/C13H19ClN2/c1-2-11-4-3-7-16(10-11)13-8-12(9-14)5-6-15-13/h5-6,8,11H,2-4,7,9-10H2,1H3. The summed E-state index contributed by atoms with van der Waals surface area (Å²) in [4.78, 5) is 6.84. The Balaban J connectivity index is 2.10. The normalized spacial score (nSPS) is 21.1. The van der Waals surface area contributed by atoms with Crippen LogP contribution in [0, 0.1) is 5.92 Å². The third kappa shape index (κ3) is 2.67. The number of nitrogens with zero attached hydrogens (tertiary/aromatic N) is 2. The van der Waals surface area contributed by atoms with Gasteiger partial charge in [0.05, 0.1) is 0 Å². The minimum absolute atomic E-state index is 0.570. The van der Waals surface area contributed by atoms with Crippen LogP contribution in [0.5, 0.6) is 0 Å². The number of alkyl halides is 1. The van der Waals surface area contributed by atoms with Gasteiger partial charge in [-0.2, -0.15) is 0 Å². The number of piperidine rings is 1. The first-order valence-electron chi connectivity index (χ1n) is 6.09. The van der Waals surface area contributed by atoms with Gasteiger partial charge in [0, 0.05) is 25.2 Å². The summed E-state index contributed by atoms with van der Waals surface area (Å²) in [5, 5.41) is 0. The number of anilines is 1. The highest BCUT2D eigenvalue weighted by atomic mass is 35.5. The van der Waals surface area contributed by atoms with Crippen molar-refractivity contribution in [2.24, 2.45) is 5.92 Å². The van der Waals surface area contributed by atoms with Gasteiger partial charge < -0.3 is 4.90 Å². The molecule has 1 unspecified atom stereocenters. The van der Waals surface area contributed by atoms with Crippen LogP contribution in [-0.2, 0) is 5.88 Å². The Morgan fingerprint density at radius 3 is 3.19 bits per heavy atom. The first-order chi connectivity index (χ1) is 7.83. The second-order valence-electron chi connectivity index (χ2n) is 4.52. The molecular weight excluding hydrogens is 220 g/mol. The van der Waals surface area contributed by atoms with Gasteiger partial charge in [0.15, 0.2) is 0 Å². The summed E-state index contributed by atoms with van der Waals surface area (Å²) >= 11 is 5.85. The molecule has 88 valence electrons. The van der Waals surface area contributed by atoms with Crippen molar-refractivity contribution in [3.63, 3.8) is 0 Å². The summed E-state index contributed by atoms with van der Waals surface area (Å²) in [6.45, 7) is 4.56. The molecule has 0 radical (unpaired) electrons. The molecule has 2 rings (SSSR count). The lowest BCUT2D eigenvalue weighted by atomic mass is 9.96. The van der Waals surface area contributed by atoms with Gasteiger partial charge >= 0.3 is 0 Å². The summed E-state index contributed by atoms with van der Waals surface area (Å²) < 4.78 is 0. The van der Waals surface area contributed by atoms with Gasteiger partial charge in [-0.3, -0.25) is 0 Å². The maximum Gasteiger partial charge on any atom is 0.128 e. The number of pyridine rings is 1. The molecule has 0 bridgehead atoms. The molecule has 1 fully saturated rings. The molecule has 1 saturated heterocycles.